The van der Waals surface area contributed by atoms with Crippen molar-refractivity contribution in [1.82, 2.24) is 9.62 Å². The average Bonchev–Trinajstić information content (AvgIpc) is 2.97. The molecule has 1 atom stereocenters. The molecule has 1 N–H and O–H groups in total. The largest absolute Gasteiger partial charge is 0.353 e. The lowest BCUT2D eigenvalue weighted by atomic mass is 9.96. The van der Waals surface area contributed by atoms with Gasteiger partial charge < -0.3 is 5.32 Å². The maximum absolute atomic E-state index is 12.5. The summed E-state index contributed by atoms with van der Waals surface area (Å²) >= 11 is 1.73. The Labute approximate surface area is 153 Å². The summed E-state index contributed by atoms with van der Waals surface area (Å²) in [6.07, 6.45) is 3.21. The number of benzene rings is 1. The minimum absolute atomic E-state index is 0.0418. The lowest BCUT2D eigenvalue weighted by Crippen LogP contribution is -2.44. The number of carbonyl (C=O) groups is 1. The molecule has 0 saturated carbocycles. The third kappa shape index (κ3) is 4.40. The molecule has 2 aromatic rings. The third-order valence-corrected chi connectivity index (χ3v) is 7.09. The normalized spacial score (nSPS) is 18.3. The Balaban J connectivity index is 1.55. The number of nitrogens with one attached hydrogen (secondary N) is 1. The second-order valence-corrected chi connectivity index (χ2v) is 9.70. The zero-order valence-corrected chi connectivity index (χ0v) is 16.2. The van der Waals surface area contributed by atoms with Gasteiger partial charge in [-0.15, -0.1) is 11.3 Å². The van der Waals surface area contributed by atoms with E-state index in [2.05, 4.69) is 22.8 Å². The van der Waals surface area contributed by atoms with Gasteiger partial charge in [-0.2, -0.15) is 0 Å². The SMILES string of the molecule is C[C@H](Cc1csc2ccccc12)NC(=O)C1CCN(S(C)(=O)=O)CC1. The van der Waals surface area contributed by atoms with E-state index < -0.39 is 10.0 Å². The highest BCUT2D eigenvalue weighted by atomic mass is 32.2. The van der Waals surface area contributed by atoms with Crippen molar-refractivity contribution < 1.29 is 13.2 Å². The summed E-state index contributed by atoms with van der Waals surface area (Å²) in [4.78, 5) is 12.5. The van der Waals surface area contributed by atoms with Crippen LogP contribution in [0.4, 0.5) is 0 Å². The van der Waals surface area contributed by atoms with E-state index >= 15 is 0 Å². The Morgan fingerprint density at radius 1 is 1.32 bits per heavy atom. The summed E-state index contributed by atoms with van der Waals surface area (Å²) in [5, 5.41) is 6.53. The van der Waals surface area contributed by atoms with Crippen molar-refractivity contribution >= 4 is 37.4 Å². The molecule has 1 aliphatic rings. The van der Waals surface area contributed by atoms with Crippen LogP contribution in [0.2, 0.25) is 0 Å². The molecule has 25 heavy (non-hydrogen) atoms. The number of rotatable bonds is 5. The molecule has 1 fully saturated rings. The van der Waals surface area contributed by atoms with Crippen LogP contribution >= 0.6 is 11.3 Å². The van der Waals surface area contributed by atoms with Crippen LogP contribution < -0.4 is 5.32 Å². The molecule has 0 bridgehead atoms. The van der Waals surface area contributed by atoms with Gasteiger partial charge >= 0.3 is 0 Å². The van der Waals surface area contributed by atoms with Gasteiger partial charge in [0.2, 0.25) is 15.9 Å². The maximum Gasteiger partial charge on any atom is 0.223 e. The van der Waals surface area contributed by atoms with Crippen LogP contribution in [0.3, 0.4) is 0 Å². The topological polar surface area (TPSA) is 66.5 Å². The van der Waals surface area contributed by atoms with Gasteiger partial charge in [-0.05, 0) is 48.6 Å². The summed E-state index contributed by atoms with van der Waals surface area (Å²) in [6, 6.07) is 8.37. The van der Waals surface area contributed by atoms with E-state index in [1.807, 2.05) is 19.1 Å². The Morgan fingerprint density at radius 2 is 2.00 bits per heavy atom. The molecule has 7 heteroatoms. The van der Waals surface area contributed by atoms with Crippen molar-refractivity contribution in [3.63, 3.8) is 0 Å². The van der Waals surface area contributed by atoms with Crippen molar-refractivity contribution in [3.05, 3.63) is 35.2 Å². The minimum atomic E-state index is -3.15. The number of carbonyl (C=O) groups excluding carboxylic acids is 1. The van der Waals surface area contributed by atoms with Gasteiger partial charge in [-0.3, -0.25) is 4.79 Å². The number of hydrogen-bond acceptors (Lipinski definition) is 4. The molecule has 0 spiro atoms. The summed E-state index contributed by atoms with van der Waals surface area (Å²) in [5.41, 5.74) is 1.26. The fraction of sp³-hybridized carbons (Fsp3) is 0.500. The van der Waals surface area contributed by atoms with Crippen LogP contribution in [0.15, 0.2) is 29.6 Å². The van der Waals surface area contributed by atoms with Gasteiger partial charge in [0.05, 0.1) is 6.26 Å². The molecule has 1 aromatic carbocycles. The Bertz CT molecular complexity index is 852. The molecule has 0 unspecified atom stereocenters. The summed E-state index contributed by atoms with van der Waals surface area (Å²) < 4.78 is 25.8. The first-order valence-electron chi connectivity index (χ1n) is 8.55. The molecule has 0 aliphatic carbocycles. The van der Waals surface area contributed by atoms with Crippen molar-refractivity contribution in [1.29, 1.82) is 0 Å². The van der Waals surface area contributed by atoms with Gasteiger partial charge in [0.1, 0.15) is 0 Å². The molecule has 2 heterocycles. The van der Waals surface area contributed by atoms with Crippen molar-refractivity contribution in [2.75, 3.05) is 19.3 Å². The summed E-state index contributed by atoms with van der Waals surface area (Å²) in [7, 11) is -3.15. The highest BCUT2D eigenvalue weighted by molar-refractivity contribution is 7.88. The maximum atomic E-state index is 12.5. The molecule has 1 saturated heterocycles. The molecular formula is C18H24N2O3S2. The lowest BCUT2D eigenvalue weighted by Gasteiger charge is -2.30. The zero-order chi connectivity index (χ0) is 18.0. The van der Waals surface area contributed by atoms with Gasteiger partial charge in [-0.25, -0.2) is 12.7 Å². The fourth-order valence-corrected chi connectivity index (χ4v) is 5.23. The van der Waals surface area contributed by atoms with Gasteiger partial charge in [0.25, 0.3) is 0 Å². The third-order valence-electron chi connectivity index (χ3n) is 4.77. The lowest BCUT2D eigenvalue weighted by molar-refractivity contribution is -0.126. The summed E-state index contributed by atoms with van der Waals surface area (Å²) in [5.74, 6) is -0.0557. The fourth-order valence-electron chi connectivity index (χ4n) is 3.38. The Kier molecular flexibility index (Phi) is 5.46. The van der Waals surface area contributed by atoms with E-state index in [0.717, 1.165) is 6.42 Å². The van der Waals surface area contributed by atoms with E-state index in [1.54, 1.807) is 11.3 Å². The predicted molar refractivity (Wildman–Crippen MR) is 102 cm³/mol. The van der Waals surface area contributed by atoms with Crippen LogP contribution in [-0.4, -0.2) is 44.0 Å². The molecule has 1 amide bonds. The molecular weight excluding hydrogens is 356 g/mol. The van der Waals surface area contributed by atoms with Crippen LogP contribution in [-0.2, 0) is 21.2 Å². The first-order valence-corrected chi connectivity index (χ1v) is 11.3. The number of amides is 1. The monoisotopic (exact) mass is 380 g/mol. The van der Waals surface area contributed by atoms with Gasteiger partial charge in [0.15, 0.2) is 0 Å². The molecule has 5 nitrogen and oxygen atoms in total. The predicted octanol–water partition coefficient (Wildman–Crippen LogP) is 2.62. The first-order chi connectivity index (χ1) is 11.8. The molecule has 136 valence electrons. The van der Waals surface area contributed by atoms with Gasteiger partial charge in [0, 0.05) is 29.7 Å². The van der Waals surface area contributed by atoms with Crippen LogP contribution in [0.25, 0.3) is 10.1 Å². The summed E-state index contributed by atoms with van der Waals surface area (Å²) in [6.45, 7) is 2.89. The number of thiophene rings is 1. The number of hydrogen-bond donors (Lipinski definition) is 1. The van der Waals surface area contributed by atoms with E-state index in [1.165, 1.54) is 26.2 Å². The Hall–Kier alpha value is -1.44. The minimum Gasteiger partial charge on any atom is -0.353 e. The number of piperidine rings is 1. The van der Waals surface area contributed by atoms with E-state index in [0.29, 0.717) is 25.9 Å². The second kappa shape index (κ2) is 7.43. The number of sulfonamides is 1. The highest BCUT2D eigenvalue weighted by Crippen LogP contribution is 2.26. The van der Waals surface area contributed by atoms with E-state index in [4.69, 9.17) is 0 Å². The molecule has 1 aromatic heterocycles. The molecule has 0 radical (unpaired) electrons. The van der Waals surface area contributed by atoms with Crippen molar-refractivity contribution in [2.45, 2.75) is 32.2 Å². The van der Waals surface area contributed by atoms with Crippen LogP contribution in [0.1, 0.15) is 25.3 Å². The zero-order valence-electron chi connectivity index (χ0n) is 14.6. The Morgan fingerprint density at radius 3 is 2.68 bits per heavy atom. The van der Waals surface area contributed by atoms with E-state index in [9.17, 15) is 13.2 Å². The van der Waals surface area contributed by atoms with Gasteiger partial charge in [-0.1, -0.05) is 18.2 Å². The molecule has 3 rings (SSSR count). The molecule has 1 aliphatic heterocycles. The van der Waals surface area contributed by atoms with Crippen LogP contribution in [0, 0.1) is 5.92 Å². The van der Waals surface area contributed by atoms with Crippen molar-refractivity contribution in [2.24, 2.45) is 5.92 Å². The van der Waals surface area contributed by atoms with E-state index in [-0.39, 0.29) is 17.9 Å². The quantitative estimate of drug-likeness (QED) is 0.867. The van der Waals surface area contributed by atoms with Crippen molar-refractivity contribution in [3.8, 4) is 0 Å². The number of fused-ring (bicyclic) bond motifs is 1. The standard InChI is InChI=1S/C18H24N2O3S2/c1-13(11-15-12-24-17-6-4-3-5-16(15)17)19-18(21)14-7-9-20(10-8-14)25(2,22)23/h3-6,12-14H,7-11H2,1-2H3,(H,19,21)/t13-/m1/s1. The second-order valence-electron chi connectivity index (χ2n) is 6.81. The smallest absolute Gasteiger partial charge is 0.223 e. The number of nitrogens with zero attached hydrogens (tertiary/aromatic N) is 1. The first kappa shape index (κ1) is 18.4. The highest BCUT2D eigenvalue weighted by Gasteiger charge is 2.29. The van der Waals surface area contributed by atoms with Crippen LogP contribution in [0.5, 0.6) is 0 Å². The average molecular weight is 381 g/mol.